The van der Waals surface area contributed by atoms with E-state index in [1.165, 1.54) is 0 Å². The van der Waals surface area contributed by atoms with Crippen molar-refractivity contribution in [3.63, 3.8) is 0 Å². The number of anilines is 1. The standard InChI is InChI=1S/C14H13N3O/c1-9-16-11(8-14(15-2)17-9)13-7-10-5-3-4-6-12(10)18-13/h3-8H,1-2H3,(H,15,16,17). The SMILES string of the molecule is CNc1cc(-c2cc3ccccc3o2)nc(C)n1. The van der Waals surface area contributed by atoms with Crippen LogP contribution in [0.1, 0.15) is 5.82 Å². The van der Waals surface area contributed by atoms with Crippen molar-refractivity contribution in [3.05, 3.63) is 42.2 Å². The molecule has 4 nitrogen and oxygen atoms in total. The number of benzene rings is 1. The first-order valence-electron chi connectivity index (χ1n) is 5.78. The molecule has 0 aliphatic carbocycles. The van der Waals surface area contributed by atoms with Crippen LogP contribution >= 0.6 is 0 Å². The molecule has 0 spiro atoms. The summed E-state index contributed by atoms with van der Waals surface area (Å²) in [6, 6.07) is 11.8. The van der Waals surface area contributed by atoms with Crippen molar-refractivity contribution in [3.8, 4) is 11.5 Å². The average molecular weight is 239 g/mol. The van der Waals surface area contributed by atoms with Crippen molar-refractivity contribution < 1.29 is 4.42 Å². The molecule has 0 fully saturated rings. The minimum Gasteiger partial charge on any atom is -0.454 e. The Kier molecular flexibility index (Phi) is 2.48. The monoisotopic (exact) mass is 239 g/mol. The first-order valence-corrected chi connectivity index (χ1v) is 5.78. The molecule has 0 atom stereocenters. The van der Waals surface area contributed by atoms with E-state index in [2.05, 4.69) is 15.3 Å². The maximum Gasteiger partial charge on any atom is 0.154 e. The molecule has 1 N–H and O–H groups in total. The number of hydrogen-bond donors (Lipinski definition) is 1. The van der Waals surface area contributed by atoms with Crippen molar-refractivity contribution >= 4 is 16.8 Å². The highest BCUT2D eigenvalue weighted by molar-refractivity contribution is 5.82. The topological polar surface area (TPSA) is 51.0 Å². The average Bonchev–Trinajstić information content (AvgIpc) is 2.81. The highest BCUT2D eigenvalue weighted by atomic mass is 16.3. The van der Waals surface area contributed by atoms with Gasteiger partial charge in [0.1, 0.15) is 22.9 Å². The number of aryl methyl sites for hydroxylation is 1. The molecule has 0 unspecified atom stereocenters. The molecule has 0 amide bonds. The number of nitrogens with one attached hydrogen (secondary N) is 1. The van der Waals surface area contributed by atoms with Gasteiger partial charge in [0.15, 0.2) is 5.76 Å². The van der Waals surface area contributed by atoms with Crippen LogP contribution in [0.5, 0.6) is 0 Å². The van der Waals surface area contributed by atoms with Gasteiger partial charge in [-0.1, -0.05) is 18.2 Å². The van der Waals surface area contributed by atoms with Crippen LogP contribution in [0.3, 0.4) is 0 Å². The van der Waals surface area contributed by atoms with E-state index in [1.807, 2.05) is 50.4 Å². The zero-order valence-electron chi connectivity index (χ0n) is 10.3. The second-order valence-corrected chi connectivity index (χ2v) is 4.08. The summed E-state index contributed by atoms with van der Waals surface area (Å²) in [7, 11) is 1.84. The number of aromatic nitrogens is 2. The lowest BCUT2D eigenvalue weighted by atomic mass is 10.2. The van der Waals surface area contributed by atoms with Gasteiger partial charge in [-0.15, -0.1) is 0 Å². The van der Waals surface area contributed by atoms with Gasteiger partial charge >= 0.3 is 0 Å². The molecule has 0 aliphatic rings. The van der Waals surface area contributed by atoms with Gasteiger partial charge in [0, 0.05) is 18.5 Å². The van der Waals surface area contributed by atoms with Crippen LogP contribution in [0, 0.1) is 6.92 Å². The van der Waals surface area contributed by atoms with Gasteiger partial charge in [-0.2, -0.15) is 0 Å². The lowest BCUT2D eigenvalue weighted by Crippen LogP contribution is -1.97. The molecule has 0 radical (unpaired) electrons. The third-order valence-corrected chi connectivity index (χ3v) is 2.77. The molecule has 90 valence electrons. The molecule has 3 aromatic rings. The lowest BCUT2D eigenvalue weighted by molar-refractivity contribution is 0.628. The van der Waals surface area contributed by atoms with E-state index < -0.39 is 0 Å². The molecule has 18 heavy (non-hydrogen) atoms. The van der Waals surface area contributed by atoms with Gasteiger partial charge in [-0.3, -0.25) is 0 Å². The summed E-state index contributed by atoms with van der Waals surface area (Å²) in [6.07, 6.45) is 0. The molecule has 3 rings (SSSR count). The predicted molar refractivity (Wildman–Crippen MR) is 71.5 cm³/mol. The minimum atomic E-state index is 0.720. The number of rotatable bonds is 2. The van der Waals surface area contributed by atoms with E-state index in [4.69, 9.17) is 4.42 Å². The number of nitrogens with zero attached hydrogens (tertiary/aromatic N) is 2. The van der Waals surface area contributed by atoms with Crippen LogP contribution in [-0.4, -0.2) is 17.0 Å². The van der Waals surface area contributed by atoms with E-state index in [-0.39, 0.29) is 0 Å². The second kappa shape index (κ2) is 4.14. The fourth-order valence-corrected chi connectivity index (χ4v) is 1.93. The van der Waals surface area contributed by atoms with Gasteiger partial charge in [-0.25, -0.2) is 9.97 Å². The third-order valence-electron chi connectivity index (χ3n) is 2.77. The molecular weight excluding hydrogens is 226 g/mol. The lowest BCUT2D eigenvalue weighted by Gasteiger charge is -2.02. The Morgan fingerprint density at radius 3 is 2.72 bits per heavy atom. The number of fused-ring (bicyclic) bond motifs is 1. The summed E-state index contributed by atoms with van der Waals surface area (Å²) in [6.45, 7) is 1.87. The number of hydrogen-bond acceptors (Lipinski definition) is 4. The Morgan fingerprint density at radius 2 is 1.94 bits per heavy atom. The van der Waals surface area contributed by atoms with Crippen LogP contribution < -0.4 is 5.32 Å². The maximum atomic E-state index is 5.79. The van der Waals surface area contributed by atoms with Gasteiger partial charge in [0.05, 0.1) is 0 Å². The zero-order valence-corrected chi connectivity index (χ0v) is 10.3. The Morgan fingerprint density at radius 1 is 1.11 bits per heavy atom. The Bertz CT molecular complexity index is 670. The van der Waals surface area contributed by atoms with E-state index in [0.29, 0.717) is 0 Å². The van der Waals surface area contributed by atoms with E-state index in [1.54, 1.807) is 0 Å². The van der Waals surface area contributed by atoms with E-state index >= 15 is 0 Å². The zero-order chi connectivity index (χ0) is 12.5. The largest absolute Gasteiger partial charge is 0.454 e. The smallest absolute Gasteiger partial charge is 0.154 e. The summed E-state index contributed by atoms with van der Waals surface area (Å²) in [4.78, 5) is 8.67. The molecule has 0 saturated heterocycles. The normalized spacial score (nSPS) is 10.8. The first kappa shape index (κ1) is 10.8. The van der Waals surface area contributed by atoms with Gasteiger partial charge in [-0.05, 0) is 19.1 Å². The van der Waals surface area contributed by atoms with Crippen molar-refractivity contribution in [1.29, 1.82) is 0 Å². The molecule has 4 heteroatoms. The third kappa shape index (κ3) is 1.82. The Hall–Kier alpha value is -2.36. The van der Waals surface area contributed by atoms with Crippen LogP contribution in [-0.2, 0) is 0 Å². The second-order valence-electron chi connectivity index (χ2n) is 4.08. The van der Waals surface area contributed by atoms with Gasteiger partial charge in [0.25, 0.3) is 0 Å². The molecule has 0 saturated carbocycles. The molecule has 0 aliphatic heterocycles. The fraction of sp³-hybridized carbons (Fsp3) is 0.143. The van der Waals surface area contributed by atoms with Gasteiger partial charge in [0.2, 0.25) is 0 Å². The van der Waals surface area contributed by atoms with Crippen molar-refractivity contribution in [2.24, 2.45) is 0 Å². The van der Waals surface area contributed by atoms with Crippen LogP contribution in [0.15, 0.2) is 40.8 Å². The fourth-order valence-electron chi connectivity index (χ4n) is 1.93. The highest BCUT2D eigenvalue weighted by Crippen LogP contribution is 2.27. The maximum absolute atomic E-state index is 5.79. The summed E-state index contributed by atoms with van der Waals surface area (Å²) in [5, 5.41) is 4.10. The van der Waals surface area contributed by atoms with Crippen molar-refractivity contribution in [1.82, 2.24) is 9.97 Å². The Balaban J connectivity index is 2.16. The van der Waals surface area contributed by atoms with Gasteiger partial charge < -0.3 is 9.73 Å². The quantitative estimate of drug-likeness (QED) is 0.745. The van der Waals surface area contributed by atoms with Crippen molar-refractivity contribution in [2.75, 3.05) is 12.4 Å². The molecule has 0 bridgehead atoms. The summed E-state index contributed by atoms with van der Waals surface area (Å²) < 4.78 is 5.79. The Labute approximate surface area is 105 Å². The van der Waals surface area contributed by atoms with E-state index in [0.717, 1.165) is 34.1 Å². The minimum absolute atomic E-state index is 0.720. The molecule has 2 heterocycles. The van der Waals surface area contributed by atoms with Crippen LogP contribution in [0.25, 0.3) is 22.4 Å². The summed E-state index contributed by atoms with van der Waals surface area (Å²) in [5.74, 6) is 2.27. The molecule has 1 aromatic carbocycles. The van der Waals surface area contributed by atoms with Crippen LogP contribution in [0.2, 0.25) is 0 Å². The number of furan rings is 1. The molecule has 2 aromatic heterocycles. The highest BCUT2D eigenvalue weighted by Gasteiger charge is 2.09. The summed E-state index contributed by atoms with van der Waals surface area (Å²) in [5.41, 5.74) is 1.66. The van der Waals surface area contributed by atoms with Crippen LogP contribution in [0.4, 0.5) is 5.82 Å². The predicted octanol–water partition coefficient (Wildman–Crippen LogP) is 3.24. The van der Waals surface area contributed by atoms with E-state index in [9.17, 15) is 0 Å². The number of para-hydroxylation sites is 1. The first-order chi connectivity index (χ1) is 8.76. The molecular formula is C14H13N3O. The summed E-state index contributed by atoms with van der Waals surface area (Å²) >= 11 is 0. The van der Waals surface area contributed by atoms with Crippen molar-refractivity contribution in [2.45, 2.75) is 6.92 Å².